The highest BCUT2D eigenvalue weighted by molar-refractivity contribution is 6.34. The molecule has 0 heterocycles. The summed E-state index contributed by atoms with van der Waals surface area (Å²) >= 11 is 6.25. The molecule has 3 rings (SSSR count). The lowest BCUT2D eigenvalue weighted by molar-refractivity contribution is -0.125. The fraction of sp³-hybridized carbons (Fsp3) is 0.600. The molecule has 2 unspecified atom stereocenters. The van der Waals surface area contributed by atoms with Crippen LogP contribution in [0.3, 0.4) is 0 Å². The van der Waals surface area contributed by atoms with Gasteiger partial charge >= 0.3 is 0 Å². The van der Waals surface area contributed by atoms with E-state index in [4.69, 9.17) is 11.6 Å². The molecular formula is C20H27ClN2O2. The minimum Gasteiger partial charge on any atom is -0.353 e. The normalized spacial score (nSPS) is 23.6. The highest BCUT2D eigenvalue weighted by Gasteiger charge is 2.48. The first-order valence-corrected chi connectivity index (χ1v) is 9.71. The quantitative estimate of drug-likeness (QED) is 0.781. The van der Waals surface area contributed by atoms with Gasteiger partial charge in [0.15, 0.2) is 0 Å². The molecule has 2 atom stereocenters. The number of nitrogens with one attached hydrogen (secondary N) is 2. The molecule has 2 N–H and O–H groups in total. The first-order valence-electron chi connectivity index (χ1n) is 9.33. The fourth-order valence-corrected chi connectivity index (χ4v) is 4.16. The summed E-state index contributed by atoms with van der Waals surface area (Å²) in [6.45, 7) is 3.90. The van der Waals surface area contributed by atoms with Gasteiger partial charge in [-0.2, -0.15) is 0 Å². The summed E-state index contributed by atoms with van der Waals surface area (Å²) < 4.78 is 0. The SMILES string of the molecule is Cc1cc(C)c(NC(=O)C2CC2C(=O)NC2CCCCCC2)c(Cl)c1. The van der Waals surface area contributed by atoms with Crippen LogP contribution in [0.25, 0.3) is 0 Å². The molecular weight excluding hydrogens is 336 g/mol. The maximum absolute atomic E-state index is 12.5. The Morgan fingerprint density at radius 3 is 2.28 bits per heavy atom. The molecule has 2 fully saturated rings. The van der Waals surface area contributed by atoms with Gasteiger partial charge in [-0.1, -0.05) is 43.4 Å². The highest BCUT2D eigenvalue weighted by Crippen LogP contribution is 2.40. The van der Waals surface area contributed by atoms with E-state index in [0.717, 1.165) is 24.0 Å². The number of carbonyl (C=O) groups excluding carboxylic acids is 2. The van der Waals surface area contributed by atoms with Crippen LogP contribution in [0.5, 0.6) is 0 Å². The average Bonchev–Trinajstić information content (AvgIpc) is 3.35. The minimum absolute atomic E-state index is 0.0405. The van der Waals surface area contributed by atoms with Crippen molar-refractivity contribution < 1.29 is 9.59 Å². The number of rotatable bonds is 4. The van der Waals surface area contributed by atoms with Gasteiger partial charge in [0.25, 0.3) is 0 Å². The second kappa shape index (κ2) is 7.77. The Morgan fingerprint density at radius 2 is 1.64 bits per heavy atom. The van der Waals surface area contributed by atoms with E-state index in [1.807, 2.05) is 26.0 Å². The maximum Gasteiger partial charge on any atom is 0.228 e. The van der Waals surface area contributed by atoms with Crippen molar-refractivity contribution in [2.75, 3.05) is 5.32 Å². The Balaban J connectivity index is 1.54. The minimum atomic E-state index is -0.234. The first kappa shape index (κ1) is 18.2. The van der Waals surface area contributed by atoms with Crippen LogP contribution < -0.4 is 10.6 Å². The molecule has 0 bridgehead atoms. The first-order chi connectivity index (χ1) is 12.0. The van der Waals surface area contributed by atoms with E-state index in [1.54, 1.807) is 0 Å². The summed E-state index contributed by atoms with van der Waals surface area (Å²) in [5.74, 6) is -0.482. The van der Waals surface area contributed by atoms with Crippen LogP contribution in [0.4, 0.5) is 5.69 Å². The molecule has 2 saturated carbocycles. The molecule has 25 heavy (non-hydrogen) atoms. The fourth-order valence-electron chi connectivity index (χ4n) is 3.80. The highest BCUT2D eigenvalue weighted by atomic mass is 35.5. The lowest BCUT2D eigenvalue weighted by atomic mass is 10.1. The van der Waals surface area contributed by atoms with Crippen molar-refractivity contribution in [3.63, 3.8) is 0 Å². The van der Waals surface area contributed by atoms with Gasteiger partial charge in [0, 0.05) is 6.04 Å². The molecule has 1 aromatic rings. The lowest BCUT2D eigenvalue weighted by Crippen LogP contribution is -2.36. The van der Waals surface area contributed by atoms with E-state index in [0.29, 0.717) is 17.1 Å². The predicted octanol–water partition coefficient (Wildman–Crippen LogP) is 4.37. The molecule has 4 nitrogen and oxygen atoms in total. The third kappa shape index (κ3) is 4.55. The van der Waals surface area contributed by atoms with Crippen LogP contribution in [-0.2, 0) is 9.59 Å². The molecule has 2 aliphatic carbocycles. The lowest BCUT2D eigenvalue weighted by Gasteiger charge is -2.16. The Hall–Kier alpha value is -1.55. The van der Waals surface area contributed by atoms with Gasteiger partial charge in [0.2, 0.25) is 11.8 Å². The molecule has 1 aromatic carbocycles. The zero-order chi connectivity index (χ0) is 18.0. The third-order valence-corrected chi connectivity index (χ3v) is 5.64. The van der Waals surface area contributed by atoms with Gasteiger partial charge in [-0.25, -0.2) is 0 Å². The molecule has 2 aliphatic rings. The molecule has 0 saturated heterocycles. The molecule has 0 spiro atoms. The van der Waals surface area contributed by atoms with E-state index in [2.05, 4.69) is 10.6 Å². The number of hydrogen-bond donors (Lipinski definition) is 2. The summed E-state index contributed by atoms with van der Waals surface area (Å²) in [4.78, 5) is 24.9. The van der Waals surface area contributed by atoms with Crippen molar-refractivity contribution in [3.8, 4) is 0 Å². The van der Waals surface area contributed by atoms with Gasteiger partial charge in [-0.15, -0.1) is 0 Å². The second-order valence-corrected chi connectivity index (χ2v) is 7.98. The monoisotopic (exact) mass is 362 g/mol. The van der Waals surface area contributed by atoms with Crippen molar-refractivity contribution in [2.24, 2.45) is 11.8 Å². The smallest absolute Gasteiger partial charge is 0.228 e. The topological polar surface area (TPSA) is 58.2 Å². The van der Waals surface area contributed by atoms with Crippen LogP contribution in [0.1, 0.15) is 56.1 Å². The van der Waals surface area contributed by atoms with Crippen molar-refractivity contribution in [2.45, 2.75) is 64.8 Å². The van der Waals surface area contributed by atoms with Gasteiger partial charge in [0.1, 0.15) is 0 Å². The summed E-state index contributed by atoms with van der Waals surface area (Å²) in [5.41, 5.74) is 2.66. The molecule has 0 radical (unpaired) electrons. The number of anilines is 1. The van der Waals surface area contributed by atoms with E-state index in [1.165, 1.54) is 25.7 Å². The van der Waals surface area contributed by atoms with Crippen molar-refractivity contribution >= 4 is 29.1 Å². The van der Waals surface area contributed by atoms with Gasteiger partial charge in [0.05, 0.1) is 22.5 Å². The van der Waals surface area contributed by atoms with Gasteiger partial charge < -0.3 is 10.6 Å². The van der Waals surface area contributed by atoms with E-state index in [9.17, 15) is 9.59 Å². The van der Waals surface area contributed by atoms with Crippen molar-refractivity contribution in [1.29, 1.82) is 0 Å². The zero-order valence-corrected chi connectivity index (χ0v) is 15.8. The Labute approximate surface area is 154 Å². The Morgan fingerprint density at radius 1 is 1.00 bits per heavy atom. The van der Waals surface area contributed by atoms with Gasteiger partial charge in [-0.05, 0) is 50.3 Å². The van der Waals surface area contributed by atoms with Crippen molar-refractivity contribution in [1.82, 2.24) is 5.32 Å². The molecule has 136 valence electrons. The summed E-state index contributed by atoms with van der Waals surface area (Å²) in [5, 5.41) is 6.62. The molecule has 0 aliphatic heterocycles. The zero-order valence-electron chi connectivity index (χ0n) is 15.0. The Kier molecular flexibility index (Phi) is 5.67. The number of hydrogen-bond acceptors (Lipinski definition) is 2. The van der Waals surface area contributed by atoms with Crippen LogP contribution in [0.15, 0.2) is 12.1 Å². The third-order valence-electron chi connectivity index (χ3n) is 5.35. The number of benzene rings is 1. The standard InChI is InChI=1S/C20H27ClN2O2/c1-12-9-13(2)18(17(21)10-12)23-20(25)16-11-15(16)19(24)22-14-7-5-3-4-6-8-14/h9-10,14-16H,3-8,11H2,1-2H3,(H,22,24)(H,23,25). The van der Waals surface area contributed by atoms with E-state index < -0.39 is 0 Å². The van der Waals surface area contributed by atoms with Crippen molar-refractivity contribution in [3.05, 3.63) is 28.3 Å². The maximum atomic E-state index is 12.5. The van der Waals surface area contributed by atoms with E-state index >= 15 is 0 Å². The molecule has 5 heteroatoms. The van der Waals surface area contributed by atoms with Crippen LogP contribution in [0.2, 0.25) is 5.02 Å². The summed E-state index contributed by atoms with van der Waals surface area (Å²) in [7, 11) is 0. The van der Waals surface area contributed by atoms with Crippen LogP contribution in [-0.4, -0.2) is 17.9 Å². The van der Waals surface area contributed by atoms with Gasteiger partial charge in [-0.3, -0.25) is 9.59 Å². The number of halogens is 1. The number of aryl methyl sites for hydroxylation is 2. The van der Waals surface area contributed by atoms with Crippen LogP contribution in [0, 0.1) is 25.7 Å². The molecule has 2 amide bonds. The van der Waals surface area contributed by atoms with Crippen LogP contribution >= 0.6 is 11.6 Å². The number of carbonyl (C=O) groups is 2. The number of amides is 2. The molecule has 0 aromatic heterocycles. The predicted molar refractivity (Wildman–Crippen MR) is 101 cm³/mol. The second-order valence-electron chi connectivity index (χ2n) is 7.57. The summed E-state index contributed by atoms with van der Waals surface area (Å²) in [6, 6.07) is 4.12. The largest absolute Gasteiger partial charge is 0.353 e. The van der Waals surface area contributed by atoms with E-state index in [-0.39, 0.29) is 29.7 Å². The Bertz CT molecular complexity index is 643. The average molecular weight is 363 g/mol. The summed E-state index contributed by atoms with van der Waals surface area (Å²) in [6.07, 6.45) is 7.65.